The molecular formula is C12H10F3N3. The van der Waals surface area contributed by atoms with E-state index in [2.05, 4.69) is 10.1 Å². The lowest BCUT2D eigenvalue weighted by Crippen LogP contribution is -2.07. The summed E-state index contributed by atoms with van der Waals surface area (Å²) in [5.41, 5.74) is -0.664. The lowest BCUT2D eigenvalue weighted by molar-refractivity contribution is -0.137. The number of hydrogen-bond acceptors (Lipinski definition) is 2. The highest BCUT2D eigenvalue weighted by Crippen LogP contribution is 2.37. The quantitative estimate of drug-likeness (QED) is 0.822. The first-order valence-corrected chi connectivity index (χ1v) is 5.63. The number of halogens is 3. The van der Waals surface area contributed by atoms with Crippen molar-refractivity contribution in [2.75, 3.05) is 0 Å². The van der Waals surface area contributed by atoms with E-state index in [1.807, 2.05) is 0 Å². The molecule has 0 radical (unpaired) electrons. The summed E-state index contributed by atoms with van der Waals surface area (Å²) < 4.78 is 40.2. The van der Waals surface area contributed by atoms with Crippen LogP contribution in [-0.4, -0.2) is 14.8 Å². The fourth-order valence-electron chi connectivity index (χ4n) is 1.84. The first kappa shape index (κ1) is 11.3. The number of rotatable bonds is 2. The minimum atomic E-state index is -4.39. The standard InChI is InChI=1S/C12H10F3N3/c13-12(14,15)10-4-2-1-3-9(10)11-16-7-18(17-11)8-5-6-8/h1-4,7-8H,5-6H2. The average Bonchev–Trinajstić information content (AvgIpc) is 3.06. The van der Waals surface area contributed by atoms with E-state index in [9.17, 15) is 13.2 Å². The third kappa shape index (κ3) is 1.98. The Kier molecular flexibility index (Phi) is 2.39. The van der Waals surface area contributed by atoms with Gasteiger partial charge in [-0.15, -0.1) is 0 Å². The molecule has 94 valence electrons. The van der Waals surface area contributed by atoms with Crippen molar-refractivity contribution in [3.05, 3.63) is 36.2 Å². The van der Waals surface area contributed by atoms with Crippen molar-refractivity contribution >= 4 is 0 Å². The van der Waals surface area contributed by atoms with E-state index in [-0.39, 0.29) is 11.4 Å². The zero-order valence-corrected chi connectivity index (χ0v) is 9.35. The molecule has 0 aliphatic heterocycles. The van der Waals surface area contributed by atoms with Gasteiger partial charge < -0.3 is 0 Å². The summed E-state index contributed by atoms with van der Waals surface area (Å²) in [5.74, 6) is 0.134. The van der Waals surface area contributed by atoms with Crippen molar-refractivity contribution in [2.45, 2.75) is 25.1 Å². The van der Waals surface area contributed by atoms with Gasteiger partial charge in [-0.3, -0.25) is 0 Å². The second-order valence-electron chi connectivity index (χ2n) is 4.32. The van der Waals surface area contributed by atoms with Crippen molar-refractivity contribution in [1.82, 2.24) is 14.8 Å². The van der Waals surface area contributed by atoms with Crippen LogP contribution in [0.5, 0.6) is 0 Å². The highest BCUT2D eigenvalue weighted by Gasteiger charge is 2.34. The summed E-state index contributed by atoms with van der Waals surface area (Å²) in [6.07, 6.45) is -0.852. The third-order valence-corrected chi connectivity index (χ3v) is 2.90. The van der Waals surface area contributed by atoms with Gasteiger partial charge in [0.1, 0.15) is 6.33 Å². The second-order valence-corrected chi connectivity index (χ2v) is 4.32. The van der Waals surface area contributed by atoms with Gasteiger partial charge in [0.15, 0.2) is 5.82 Å². The van der Waals surface area contributed by atoms with Crippen molar-refractivity contribution in [2.24, 2.45) is 0 Å². The molecule has 0 bridgehead atoms. The first-order chi connectivity index (χ1) is 8.55. The van der Waals surface area contributed by atoms with Crippen molar-refractivity contribution < 1.29 is 13.2 Å². The highest BCUT2D eigenvalue weighted by molar-refractivity contribution is 5.60. The van der Waals surface area contributed by atoms with Crippen LogP contribution in [0.25, 0.3) is 11.4 Å². The zero-order valence-electron chi connectivity index (χ0n) is 9.35. The molecule has 0 atom stereocenters. The van der Waals surface area contributed by atoms with Gasteiger partial charge >= 0.3 is 6.18 Å². The van der Waals surface area contributed by atoms with E-state index in [1.165, 1.54) is 18.5 Å². The second kappa shape index (κ2) is 3.83. The lowest BCUT2D eigenvalue weighted by atomic mass is 10.1. The van der Waals surface area contributed by atoms with Gasteiger partial charge in [-0.05, 0) is 18.9 Å². The molecule has 2 aromatic rings. The number of alkyl halides is 3. The van der Waals surface area contributed by atoms with Crippen LogP contribution in [0.4, 0.5) is 13.2 Å². The van der Waals surface area contributed by atoms with Crippen LogP contribution < -0.4 is 0 Å². The van der Waals surface area contributed by atoms with Gasteiger partial charge in [0.05, 0.1) is 11.6 Å². The topological polar surface area (TPSA) is 30.7 Å². The van der Waals surface area contributed by atoms with E-state index in [4.69, 9.17) is 0 Å². The van der Waals surface area contributed by atoms with Crippen molar-refractivity contribution in [3.8, 4) is 11.4 Å². The maximum absolute atomic E-state index is 12.8. The third-order valence-electron chi connectivity index (χ3n) is 2.90. The Balaban J connectivity index is 2.04. The molecule has 1 heterocycles. The van der Waals surface area contributed by atoms with Gasteiger partial charge in [-0.2, -0.15) is 18.3 Å². The van der Waals surface area contributed by atoms with Gasteiger partial charge in [0.25, 0.3) is 0 Å². The summed E-state index contributed by atoms with van der Waals surface area (Å²) in [4.78, 5) is 3.97. The number of hydrogen-bond donors (Lipinski definition) is 0. The summed E-state index contributed by atoms with van der Waals surface area (Å²) in [6, 6.07) is 5.68. The molecule has 3 nitrogen and oxygen atoms in total. The van der Waals surface area contributed by atoms with Gasteiger partial charge in [-0.25, -0.2) is 9.67 Å². The normalized spacial score (nSPS) is 15.9. The molecular weight excluding hydrogens is 243 g/mol. The molecule has 0 spiro atoms. The van der Waals surface area contributed by atoms with Crippen LogP contribution >= 0.6 is 0 Å². The number of benzene rings is 1. The molecule has 1 aliphatic rings. The van der Waals surface area contributed by atoms with Gasteiger partial charge in [-0.1, -0.05) is 18.2 Å². The molecule has 3 rings (SSSR count). The Morgan fingerprint density at radius 1 is 1.17 bits per heavy atom. The van der Waals surface area contributed by atoms with Crippen LogP contribution in [0.1, 0.15) is 24.4 Å². The summed E-state index contributed by atoms with van der Waals surface area (Å²) >= 11 is 0. The Bertz CT molecular complexity index is 570. The molecule has 0 N–H and O–H groups in total. The minimum Gasteiger partial charge on any atom is -0.249 e. The van der Waals surface area contributed by atoms with Gasteiger partial charge in [0, 0.05) is 5.56 Å². The summed E-state index contributed by atoms with van der Waals surface area (Å²) in [6.45, 7) is 0. The molecule has 1 fully saturated rings. The van der Waals surface area contributed by atoms with Crippen LogP contribution in [0.15, 0.2) is 30.6 Å². The highest BCUT2D eigenvalue weighted by atomic mass is 19.4. The summed E-state index contributed by atoms with van der Waals surface area (Å²) in [7, 11) is 0. The van der Waals surface area contributed by atoms with E-state index >= 15 is 0 Å². The predicted octanol–water partition coefficient (Wildman–Crippen LogP) is 3.30. The molecule has 18 heavy (non-hydrogen) atoms. The Labute approximate surface area is 101 Å². The number of aromatic nitrogens is 3. The summed E-state index contributed by atoms with van der Waals surface area (Å²) in [5, 5.41) is 4.12. The first-order valence-electron chi connectivity index (χ1n) is 5.63. The van der Waals surface area contributed by atoms with Crippen LogP contribution in [0, 0.1) is 0 Å². The molecule has 0 unspecified atom stereocenters. The molecule has 1 aromatic heterocycles. The smallest absolute Gasteiger partial charge is 0.249 e. The molecule has 1 aliphatic carbocycles. The van der Waals surface area contributed by atoms with Crippen molar-refractivity contribution in [1.29, 1.82) is 0 Å². The Morgan fingerprint density at radius 2 is 1.89 bits per heavy atom. The maximum atomic E-state index is 12.8. The van der Waals surface area contributed by atoms with Crippen molar-refractivity contribution in [3.63, 3.8) is 0 Å². The zero-order chi connectivity index (χ0) is 12.8. The molecule has 1 saturated carbocycles. The SMILES string of the molecule is FC(F)(F)c1ccccc1-c1ncn(C2CC2)n1. The average molecular weight is 253 g/mol. The number of nitrogens with zero attached hydrogens (tertiary/aromatic N) is 3. The van der Waals surface area contributed by atoms with Gasteiger partial charge in [0.2, 0.25) is 0 Å². The molecule has 1 aromatic carbocycles. The van der Waals surface area contributed by atoms with E-state index in [0.717, 1.165) is 18.9 Å². The predicted molar refractivity (Wildman–Crippen MR) is 58.7 cm³/mol. The van der Waals surface area contributed by atoms with Crippen LogP contribution in [0.2, 0.25) is 0 Å². The maximum Gasteiger partial charge on any atom is 0.417 e. The molecule has 0 amide bonds. The fraction of sp³-hybridized carbons (Fsp3) is 0.333. The van der Waals surface area contributed by atoms with E-state index in [1.54, 1.807) is 10.7 Å². The van der Waals surface area contributed by atoms with E-state index in [0.29, 0.717) is 6.04 Å². The van der Waals surface area contributed by atoms with Crippen LogP contribution in [-0.2, 0) is 6.18 Å². The molecule has 0 saturated heterocycles. The fourth-order valence-corrected chi connectivity index (χ4v) is 1.84. The lowest BCUT2D eigenvalue weighted by Gasteiger charge is -2.09. The monoisotopic (exact) mass is 253 g/mol. The van der Waals surface area contributed by atoms with Crippen LogP contribution in [0.3, 0.4) is 0 Å². The largest absolute Gasteiger partial charge is 0.417 e. The Hall–Kier alpha value is -1.85. The minimum absolute atomic E-state index is 0.0319. The Morgan fingerprint density at radius 3 is 2.56 bits per heavy atom. The molecule has 6 heteroatoms. The van der Waals surface area contributed by atoms with E-state index < -0.39 is 11.7 Å².